The van der Waals surface area contributed by atoms with Gasteiger partial charge in [0.1, 0.15) is 5.75 Å². The summed E-state index contributed by atoms with van der Waals surface area (Å²) in [6, 6.07) is 11.1. The fourth-order valence-electron chi connectivity index (χ4n) is 3.28. The minimum Gasteiger partial charge on any atom is -0.481 e. The molecule has 1 amide bonds. The number of benzene rings is 2. The topological polar surface area (TPSA) is 64.6 Å². The van der Waals surface area contributed by atoms with Gasteiger partial charge in [0.2, 0.25) is 0 Å². The lowest BCUT2D eigenvalue weighted by molar-refractivity contribution is -0.122. The summed E-state index contributed by atoms with van der Waals surface area (Å²) in [5.74, 6) is 0.0000247. The van der Waals surface area contributed by atoms with E-state index in [2.05, 4.69) is 11.4 Å². The van der Waals surface area contributed by atoms with Crippen LogP contribution in [0.2, 0.25) is 0 Å². The van der Waals surface area contributed by atoms with E-state index < -0.39 is 12.1 Å². The van der Waals surface area contributed by atoms with Gasteiger partial charge in [-0.05, 0) is 80.5 Å². The maximum Gasteiger partial charge on any atom is 0.337 e. The molecule has 0 heterocycles. The van der Waals surface area contributed by atoms with Crippen molar-refractivity contribution in [2.75, 3.05) is 12.4 Å². The quantitative estimate of drug-likeness (QED) is 0.809. The van der Waals surface area contributed by atoms with Crippen molar-refractivity contribution in [1.29, 1.82) is 0 Å². The van der Waals surface area contributed by atoms with Gasteiger partial charge in [0.05, 0.1) is 12.7 Å². The van der Waals surface area contributed by atoms with Crippen LogP contribution in [0.25, 0.3) is 0 Å². The Morgan fingerprint density at radius 3 is 2.52 bits per heavy atom. The molecule has 2 aromatic carbocycles. The van der Waals surface area contributed by atoms with Crippen LogP contribution in [-0.4, -0.2) is 25.1 Å². The molecule has 0 bridgehead atoms. The van der Waals surface area contributed by atoms with Crippen LogP contribution in [-0.2, 0) is 22.4 Å². The van der Waals surface area contributed by atoms with Crippen molar-refractivity contribution >= 4 is 17.6 Å². The predicted molar refractivity (Wildman–Crippen MR) is 104 cm³/mol. The molecule has 1 aliphatic carbocycles. The zero-order valence-corrected chi connectivity index (χ0v) is 16.0. The number of anilines is 1. The van der Waals surface area contributed by atoms with Crippen LogP contribution >= 0.6 is 0 Å². The Labute approximate surface area is 159 Å². The summed E-state index contributed by atoms with van der Waals surface area (Å²) in [7, 11) is 1.33. The molecular formula is C22H25NO4. The molecule has 5 nitrogen and oxygen atoms in total. The van der Waals surface area contributed by atoms with Crippen molar-refractivity contribution in [3.8, 4) is 5.75 Å². The number of carbonyl (C=O) groups excluding carboxylic acids is 2. The van der Waals surface area contributed by atoms with Crippen LogP contribution < -0.4 is 10.1 Å². The van der Waals surface area contributed by atoms with E-state index in [1.807, 2.05) is 19.1 Å². The van der Waals surface area contributed by atoms with Gasteiger partial charge in [-0.2, -0.15) is 0 Å². The number of ether oxygens (including phenoxy) is 2. The first-order chi connectivity index (χ1) is 13.0. The van der Waals surface area contributed by atoms with Crippen LogP contribution in [0.3, 0.4) is 0 Å². The van der Waals surface area contributed by atoms with Gasteiger partial charge in [-0.15, -0.1) is 0 Å². The Kier molecular flexibility index (Phi) is 5.79. The lowest BCUT2D eigenvalue weighted by atomic mass is 9.92. The number of amides is 1. The molecule has 1 atom stereocenters. The summed E-state index contributed by atoms with van der Waals surface area (Å²) in [6.45, 7) is 3.58. The molecule has 0 fully saturated rings. The highest BCUT2D eigenvalue weighted by Gasteiger charge is 2.18. The number of esters is 1. The Bertz CT molecular complexity index is 859. The molecule has 27 heavy (non-hydrogen) atoms. The Hall–Kier alpha value is -2.82. The lowest BCUT2D eigenvalue weighted by Gasteiger charge is -2.19. The third-order valence-electron chi connectivity index (χ3n) is 4.92. The maximum atomic E-state index is 12.6. The fourth-order valence-corrected chi connectivity index (χ4v) is 3.28. The second-order valence-electron chi connectivity index (χ2n) is 6.91. The van der Waals surface area contributed by atoms with Gasteiger partial charge in [0.15, 0.2) is 6.10 Å². The molecule has 5 heteroatoms. The Morgan fingerprint density at radius 1 is 1.04 bits per heavy atom. The summed E-state index contributed by atoms with van der Waals surface area (Å²) in [5.41, 5.74) is 4.51. The van der Waals surface area contributed by atoms with Crippen LogP contribution in [0.4, 0.5) is 5.69 Å². The summed E-state index contributed by atoms with van der Waals surface area (Å²) >= 11 is 0. The van der Waals surface area contributed by atoms with Crippen LogP contribution in [0.5, 0.6) is 5.75 Å². The maximum absolute atomic E-state index is 12.6. The molecule has 0 saturated carbocycles. The number of carbonyl (C=O) groups is 2. The summed E-state index contributed by atoms with van der Waals surface area (Å²) in [6.07, 6.45) is 3.94. The van der Waals surface area contributed by atoms with Crippen molar-refractivity contribution in [1.82, 2.24) is 0 Å². The molecule has 0 spiro atoms. The summed E-state index contributed by atoms with van der Waals surface area (Å²) < 4.78 is 10.6. The first-order valence-corrected chi connectivity index (χ1v) is 9.26. The number of hydrogen-bond donors (Lipinski definition) is 1. The van der Waals surface area contributed by atoms with Crippen LogP contribution in [0.15, 0.2) is 36.4 Å². The van der Waals surface area contributed by atoms with Gasteiger partial charge in [-0.3, -0.25) is 4.79 Å². The van der Waals surface area contributed by atoms with Crippen molar-refractivity contribution in [3.05, 3.63) is 58.7 Å². The number of methoxy groups -OCH3 is 1. The zero-order valence-electron chi connectivity index (χ0n) is 16.0. The first kappa shape index (κ1) is 19.0. The van der Waals surface area contributed by atoms with E-state index in [9.17, 15) is 9.59 Å². The average molecular weight is 367 g/mol. The van der Waals surface area contributed by atoms with E-state index in [4.69, 9.17) is 9.47 Å². The molecule has 1 aliphatic rings. The van der Waals surface area contributed by atoms with Gasteiger partial charge in [-0.25, -0.2) is 4.79 Å². The molecule has 0 aliphatic heterocycles. The highest BCUT2D eigenvalue weighted by molar-refractivity contribution is 5.97. The Morgan fingerprint density at radius 2 is 1.78 bits per heavy atom. The largest absolute Gasteiger partial charge is 0.481 e. The van der Waals surface area contributed by atoms with E-state index in [1.165, 1.54) is 31.1 Å². The fraction of sp³-hybridized carbons (Fsp3) is 0.364. The van der Waals surface area contributed by atoms with E-state index >= 15 is 0 Å². The minimum atomic E-state index is -0.659. The van der Waals surface area contributed by atoms with Crippen LogP contribution in [0, 0.1) is 6.92 Å². The minimum absolute atomic E-state index is 0.266. The number of rotatable bonds is 5. The number of hydrogen-bond acceptors (Lipinski definition) is 4. The van der Waals surface area contributed by atoms with Gasteiger partial charge in [-0.1, -0.05) is 12.1 Å². The molecule has 0 aromatic heterocycles. The molecule has 0 saturated heterocycles. The molecule has 142 valence electrons. The van der Waals surface area contributed by atoms with Crippen LogP contribution in [0.1, 0.15) is 46.8 Å². The number of fused-ring (bicyclic) bond motifs is 1. The third-order valence-corrected chi connectivity index (χ3v) is 4.92. The second-order valence-corrected chi connectivity index (χ2v) is 6.91. The van der Waals surface area contributed by atoms with Crippen molar-refractivity contribution in [2.45, 2.75) is 45.6 Å². The van der Waals surface area contributed by atoms with Crippen molar-refractivity contribution < 1.29 is 19.1 Å². The van der Waals surface area contributed by atoms with E-state index in [1.54, 1.807) is 25.1 Å². The van der Waals surface area contributed by atoms with Gasteiger partial charge < -0.3 is 14.8 Å². The summed E-state index contributed by atoms with van der Waals surface area (Å²) in [5, 5.41) is 2.84. The first-order valence-electron chi connectivity index (χ1n) is 9.26. The normalized spacial score (nSPS) is 14.0. The number of nitrogens with one attached hydrogen (secondary N) is 1. The van der Waals surface area contributed by atoms with E-state index in [0.717, 1.165) is 18.4 Å². The van der Waals surface area contributed by atoms with Gasteiger partial charge in [0.25, 0.3) is 5.91 Å². The van der Waals surface area contributed by atoms with Gasteiger partial charge in [0, 0.05) is 5.69 Å². The SMILES string of the molecule is COC(=O)c1ccc(C)c(NC(=O)[C@H](C)Oc2ccc3c(c2)CCCC3)c1. The highest BCUT2D eigenvalue weighted by atomic mass is 16.5. The zero-order chi connectivity index (χ0) is 19.4. The lowest BCUT2D eigenvalue weighted by Crippen LogP contribution is -2.30. The highest BCUT2D eigenvalue weighted by Crippen LogP contribution is 2.26. The number of aryl methyl sites for hydroxylation is 3. The standard InChI is InChI=1S/C22H25NO4/c1-14-8-9-18(22(25)26-3)13-20(14)23-21(24)15(2)27-19-11-10-16-6-4-5-7-17(16)12-19/h8-13,15H,4-7H2,1-3H3,(H,23,24)/t15-/m0/s1. The monoisotopic (exact) mass is 367 g/mol. The molecule has 3 rings (SSSR count). The van der Waals surface area contributed by atoms with Gasteiger partial charge >= 0.3 is 5.97 Å². The van der Waals surface area contributed by atoms with Crippen molar-refractivity contribution in [3.63, 3.8) is 0 Å². The van der Waals surface area contributed by atoms with E-state index in [0.29, 0.717) is 17.0 Å². The summed E-state index contributed by atoms with van der Waals surface area (Å²) in [4.78, 5) is 24.3. The molecule has 0 radical (unpaired) electrons. The molecular weight excluding hydrogens is 342 g/mol. The van der Waals surface area contributed by atoms with E-state index in [-0.39, 0.29) is 5.91 Å². The average Bonchev–Trinajstić information content (AvgIpc) is 2.68. The molecule has 2 aromatic rings. The third kappa shape index (κ3) is 4.48. The predicted octanol–water partition coefficient (Wildman–Crippen LogP) is 4.07. The molecule has 0 unspecified atom stereocenters. The Balaban J connectivity index is 1.68. The second kappa shape index (κ2) is 8.25. The molecule has 1 N–H and O–H groups in total. The van der Waals surface area contributed by atoms with Crippen molar-refractivity contribution in [2.24, 2.45) is 0 Å². The smallest absolute Gasteiger partial charge is 0.337 e.